The normalized spacial score (nSPS) is 26.1. The lowest BCUT2D eigenvalue weighted by Crippen LogP contribution is -2.33. The fourth-order valence-electron chi connectivity index (χ4n) is 2.38. The summed E-state index contributed by atoms with van der Waals surface area (Å²) in [6.07, 6.45) is 9.96. The van der Waals surface area contributed by atoms with Crippen LogP contribution in [0.2, 0.25) is 0 Å². The minimum absolute atomic E-state index is 1.01. The van der Waals surface area contributed by atoms with Gasteiger partial charge < -0.3 is 5.32 Å². The Labute approximate surface area is 89.7 Å². The summed E-state index contributed by atoms with van der Waals surface area (Å²) >= 11 is 0. The lowest BCUT2D eigenvalue weighted by Gasteiger charge is -2.35. The molecule has 0 aromatic carbocycles. The summed E-state index contributed by atoms with van der Waals surface area (Å²) in [5, 5.41) is 3.56. The Balaban J connectivity index is 1.84. The van der Waals surface area contributed by atoms with Crippen LogP contribution >= 0.6 is 0 Å². The van der Waals surface area contributed by atoms with Gasteiger partial charge >= 0.3 is 0 Å². The summed E-state index contributed by atoms with van der Waals surface area (Å²) < 4.78 is 0. The van der Waals surface area contributed by atoms with Crippen molar-refractivity contribution >= 4 is 0 Å². The van der Waals surface area contributed by atoms with Crippen LogP contribution in [0.1, 0.15) is 58.8 Å². The summed E-state index contributed by atoms with van der Waals surface area (Å²) in [4.78, 5) is 0. The Morgan fingerprint density at radius 2 is 1.71 bits per heavy atom. The van der Waals surface area contributed by atoms with E-state index in [-0.39, 0.29) is 0 Å². The van der Waals surface area contributed by atoms with E-state index >= 15 is 0 Å². The zero-order chi connectivity index (χ0) is 10.2. The molecule has 1 aliphatic rings. The predicted octanol–water partition coefficient (Wildman–Crippen LogP) is 3.59. The fraction of sp³-hybridized carbons (Fsp3) is 1.00. The molecule has 1 aliphatic carbocycles. The van der Waals surface area contributed by atoms with Crippen LogP contribution in [0, 0.1) is 11.8 Å². The SMILES string of the molecule is CCCCNCC1CC(CCCC)C1. The van der Waals surface area contributed by atoms with Crippen LogP contribution in [-0.4, -0.2) is 13.1 Å². The number of hydrogen-bond acceptors (Lipinski definition) is 1. The van der Waals surface area contributed by atoms with Crippen molar-refractivity contribution in [3.05, 3.63) is 0 Å². The van der Waals surface area contributed by atoms with Gasteiger partial charge in [-0.3, -0.25) is 0 Å². The van der Waals surface area contributed by atoms with E-state index in [4.69, 9.17) is 0 Å². The molecule has 0 aromatic heterocycles. The van der Waals surface area contributed by atoms with Crippen molar-refractivity contribution in [3.63, 3.8) is 0 Å². The molecule has 1 rings (SSSR count). The molecule has 0 bridgehead atoms. The van der Waals surface area contributed by atoms with Crippen LogP contribution in [0.3, 0.4) is 0 Å². The van der Waals surface area contributed by atoms with Crippen molar-refractivity contribution in [2.75, 3.05) is 13.1 Å². The number of unbranched alkanes of at least 4 members (excludes halogenated alkanes) is 2. The molecule has 1 heteroatoms. The average molecular weight is 197 g/mol. The third kappa shape index (κ3) is 4.45. The molecular formula is C13H27N. The maximum atomic E-state index is 3.56. The first kappa shape index (κ1) is 12.0. The first-order chi connectivity index (χ1) is 6.86. The van der Waals surface area contributed by atoms with Crippen molar-refractivity contribution in [3.8, 4) is 0 Å². The number of hydrogen-bond donors (Lipinski definition) is 1. The van der Waals surface area contributed by atoms with Crippen LogP contribution in [-0.2, 0) is 0 Å². The van der Waals surface area contributed by atoms with E-state index in [1.54, 1.807) is 0 Å². The Kier molecular flexibility index (Phi) is 6.25. The summed E-state index contributed by atoms with van der Waals surface area (Å²) in [7, 11) is 0. The van der Waals surface area contributed by atoms with Crippen molar-refractivity contribution in [1.29, 1.82) is 0 Å². The van der Waals surface area contributed by atoms with Crippen molar-refractivity contribution in [2.24, 2.45) is 11.8 Å². The van der Waals surface area contributed by atoms with Gasteiger partial charge in [-0.25, -0.2) is 0 Å². The highest BCUT2D eigenvalue weighted by atomic mass is 14.9. The molecule has 0 amide bonds. The highest BCUT2D eigenvalue weighted by molar-refractivity contribution is 4.80. The molecule has 0 radical (unpaired) electrons. The first-order valence-electron chi connectivity index (χ1n) is 6.57. The largest absolute Gasteiger partial charge is 0.316 e. The minimum atomic E-state index is 1.01. The second-order valence-electron chi connectivity index (χ2n) is 4.90. The van der Waals surface area contributed by atoms with Gasteiger partial charge in [-0.05, 0) is 44.2 Å². The van der Waals surface area contributed by atoms with Gasteiger partial charge in [0, 0.05) is 0 Å². The highest BCUT2D eigenvalue weighted by Crippen LogP contribution is 2.36. The van der Waals surface area contributed by atoms with E-state index in [0.29, 0.717) is 0 Å². The standard InChI is InChI=1S/C13H27N/c1-3-5-7-12-9-13(10-12)11-14-8-6-4-2/h12-14H,3-11H2,1-2H3. The van der Waals surface area contributed by atoms with Crippen molar-refractivity contribution < 1.29 is 0 Å². The number of nitrogens with one attached hydrogen (secondary N) is 1. The summed E-state index contributed by atoms with van der Waals surface area (Å²) in [6.45, 7) is 7.06. The summed E-state index contributed by atoms with van der Waals surface area (Å²) in [6, 6.07) is 0. The van der Waals surface area contributed by atoms with E-state index in [1.807, 2.05) is 0 Å². The monoisotopic (exact) mass is 197 g/mol. The maximum Gasteiger partial charge on any atom is -0.00203 e. The second-order valence-corrected chi connectivity index (χ2v) is 4.90. The molecule has 1 saturated carbocycles. The maximum absolute atomic E-state index is 3.56. The minimum Gasteiger partial charge on any atom is -0.316 e. The van der Waals surface area contributed by atoms with Gasteiger partial charge in [0.05, 0.1) is 0 Å². The molecule has 0 atom stereocenters. The molecule has 0 unspecified atom stereocenters. The van der Waals surface area contributed by atoms with E-state index < -0.39 is 0 Å². The molecular weight excluding hydrogens is 170 g/mol. The molecule has 0 heterocycles. The molecule has 14 heavy (non-hydrogen) atoms. The lowest BCUT2D eigenvalue weighted by molar-refractivity contribution is 0.175. The van der Waals surface area contributed by atoms with Gasteiger partial charge in [0.2, 0.25) is 0 Å². The highest BCUT2D eigenvalue weighted by Gasteiger charge is 2.27. The van der Waals surface area contributed by atoms with Crippen LogP contribution in [0.4, 0.5) is 0 Å². The zero-order valence-electron chi connectivity index (χ0n) is 10.0. The molecule has 0 aliphatic heterocycles. The second kappa shape index (κ2) is 7.28. The molecule has 0 spiro atoms. The zero-order valence-corrected chi connectivity index (χ0v) is 10.0. The predicted molar refractivity (Wildman–Crippen MR) is 63.5 cm³/mol. The molecule has 84 valence electrons. The van der Waals surface area contributed by atoms with E-state index in [9.17, 15) is 0 Å². The quantitative estimate of drug-likeness (QED) is 0.586. The smallest absolute Gasteiger partial charge is 0.00203 e. The summed E-state index contributed by atoms with van der Waals surface area (Å²) in [5.41, 5.74) is 0. The van der Waals surface area contributed by atoms with Crippen molar-refractivity contribution in [2.45, 2.75) is 58.8 Å². The fourth-order valence-corrected chi connectivity index (χ4v) is 2.38. The Bertz CT molecular complexity index is 124. The van der Waals surface area contributed by atoms with Gasteiger partial charge in [0.25, 0.3) is 0 Å². The molecule has 0 aromatic rings. The van der Waals surface area contributed by atoms with Gasteiger partial charge in [-0.2, -0.15) is 0 Å². The average Bonchev–Trinajstić information content (AvgIpc) is 2.14. The Morgan fingerprint density at radius 1 is 1.00 bits per heavy atom. The Morgan fingerprint density at radius 3 is 2.36 bits per heavy atom. The number of rotatable bonds is 8. The third-order valence-corrected chi connectivity index (χ3v) is 3.44. The van der Waals surface area contributed by atoms with Gasteiger partial charge in [0.15, 0.2) is 0 Å². The van der Waals surface area contributed by atoms with Gasteiger partial charge in [0.1, 0.15) is 0 Å². The van der Waals surface area contributed by atoms with Crippen LogP contribution in [0.15, 0.2) is 0 Å². The van der Waals surface area contributed by atoms with Crippen molar-refractivity contribution in [1.82, 2.24) is 5.32 Å². The molecule has 1 nitrogen and oxygen atoms in total. The van der Waals surface area contributed by atoms with E-state index in [1.165, 1.54) is 58.0 Å². The van der Waals surface area contributed by atoms with E-state index in [2.05, 4.69) is 19.2 Å². The van der Waals surface area contributed by atoms with Gasteiger partial charge in [-0.1, -0.05) is 39.5 Å². The Hall–Kier alpha value is -0.0400. The molecule has 0 saturated heterocycles. The topological polar surface area (TPSA) is 12.0 Å². The lowest BCUT2D eigenvalue weighted by atomic mass is 9.72. The van der Waals surface area contributed by atoms with Crippen LogP contribution in [0.25, 0.3) is 0 Å². The van der Waals surface area contributed by atoms with Gasteiger partial charge in [-0.15, -0.1) is 0 Å². The molecule has 1 N–H and O–H groups in total. The molecule has 1 fully saturated rings. The first-order valence-corrected chi connectivity index (χ1v) is 6.57. The summed E-state index contributed by atoms with van der Waals surface area (Å²) in [5.74, 6) is 2.08. The third-order valence-electron chi connectivity index (χ3n) is 3.44. The van der Waals surface area contributed by atoms with Crippen LogP contribution in [0.5, 0.6) is 0 Å². The van der Waals surface area contributed by atoms with Crippen LogP contribution < -0.4 is 5.32 Å². The van der Waals surface area contributed by atoms with E-state index in [0.717, 1.165) is 11.8 Å².